The molecule has 1 fully saturated rings. The van der Waals surface area contributed by atoms with Crippen LogP contribution in [-0.2, 0) is 0 Å². The van der Waals surface area contributed by atoms with Crippen molar-refractivity contribution >= 4 is 29.0 Å². The third-order valence-electron chi connectivity index (χ3n) is 2.35. The summed E-state index contributed by atoms with van der Waals surface area (Å²) in [6.07, 6.45) is 5.98. The Morgan fingerprint density at radius 2 is 2.00 bits per heavy atom. The van der Waals surface area contributed by atoms with Crippen LogP contribution in [0.15, 0.2) is 30.4 Å². The summed E-state index contributed by atoms with van der Waals surface area (Å²) in [6, 6.07) is 4.93. The average Bonchev–Trinajstić information content (AvgIpc) is 3.02. The van der Waals surface area contributed by atoms with Crippen LogP contribution in [0.5, 0.6) is 0 Å². The van der Waals surface area contributed by atoms with Gasteiger partial charge in [-0.3, -0.25) is 4.79 Å². The van der Waals surface area contributed by atoms with Gasteiger partial charge < -0.3 is 0 Å². The minimum atomic E-state index is -0.0135. The summed E-state index contributed by atoms with van der Waals surface area (Å²) in [5, 5.41) is 0.890. The molecule has 1 aliphatic carbocycles. The Kier molecular flexibility index (Phi) is 3.13. The summed E-state index contributed by atoms with van der Waals surface area (Å²) < 4.78 is 0. The van der Waals surface area contributed by atoms with Gasteiger partial charge in [-0.1, -0.05) is 29.3 Å². The van der Waals surface area contributed by atoms with Crippen molar-refractivity contribution in [3.05, 3.63) is 46.0 Å². The van der Waals surface area contributed by atoms with Crippen molar-refractivity contribution in [1.29, 1.82) is 0 Å². The molecule has 0 saturated heterocycles. The van der Waals surface area contributed by atoms with Gasteiger partial charge in [0.25, 0.3) is 0 Å². The van der Waals surface area contributed by atoms with Crippen molar-refractivity contribution in [2.24, 2.45) is 5.92 Å². The Labute approximate surface area is 98.7 Å². The predicted octanol–water partition coefficient (Wildman–Crippen LogP) is 4.14. The summed E-state index contributed by atoms with van der Waals surface area (Å²) >= 11 is 11.6. The summed E-state index contributed by atoms with van der Waals surface area (Å²) in [7, 11) is 0. The maximum Gasteiger partial charge on any atom is 0.185 e. The van der Waals surface area contributed by atoms with E-state index in [0.717, 1.165) is 0 Å². The fraction of sp³-hybridized carbons (Fsp3) is 0.250. The minimum Gasteiger partial charge on any atom is -0.289 e. The Morgan fingerprint density at radius 3 is 2.60 bits per heavy atom. The van der Waals surface area contributed by atoms with Gasteiger partial charge in [0, 0.05) is 5.56 Å². The second-order valence-electron chi connectivity index (χ2n) is 3.69. The van der Waals surface area contributed by atoms with E-state index in [9.17, 15) is 4.79 Å². The highest BCUT2D eigenvalue weighted by Gasteiger charge is 2.17. The lowest BCUT2D eigenvalue weighted by molar-refractivity contribution is 0.104. The van der Waals surface area contributed by atoms with E-state index < -0.39 is 0 Å². The summed E-state index contributed by atoms with van der Waals surface area (Å²) in [5.41, 5.74) is 0.585. The van der Waals surface area contributed by atoms with Crippen LogP contribution in [0.25, 0.3) is 0 Å². The molecular formula is C12H10Cl2O. The molecule has 0 atom stereocenters. The molecule has 3 heteroatoms. The Hall–Kier alpha value is -0.790. The molecule has 0 aromatic heterocycles. The lowest BCUT2D eigenvalue weighted by Gasteiger charge is -1.98. The standard InChI is InChI=1S/C12H10Cl2O/c13-10-5-4-9(7-11(10)14)12(15)6-3-8-1-2-8/h3-8H,1-2H2/b6-3+. The van der Waals surface area contributed by atoms with Crippen molar-refractivity contribution in [3.63, 3.8) is 0 Å². The van der Waals surface area contributed by atoms with Gasteiger partial charge in [-0.05, 0) is 43.0 Å². The third-order valence-corrected chi connectivity index (χ3v) is 3.08. The first-order valence-corrected chi connectivity index (χ1v) is 5.60. The van der Waals surface area contributed by atoms with Crippen molar-refractivity contribution in [1.82, 2.24) is 0 Å². The van der Waals surface area contributed by atoms with E-state index in [0.29, 0.717) is 21.5 Å². The van der Waals surface area contributed by atoms with Crippen LogP contribution in [0.1, 0.15) is 23.2 Å². The first kappa shape index (κ1) is 10.7. The van der Waals surface area contributed by atoms with E-state index in [2.05, 4.69) is 0 Å². The predicted molar refractivity (Wildman–Crippen MR) is 62.7 cm³/mol. The first-order chi connectivity index (χ1) is 7.16. The number of benzene rings is 1. The molecule has 1 nitrogen and oxygen atoms in total. The van der Waals surface area contributed by atoms with Gasteiger partial charge in [0.1, 0.15) is 0 Å². The van der Waals surface area contributed by atoms with Crippen LogP contribution >= 0.6 is 23.2 Å². The molecule has 1 aromatic rings. The van der Waals surface area contributed by atoms with Crippen molar-refractivity contribution < 1.29 is 4.79 Å². The quantitative estimate of drug-likeness (QED) is 0.574. The second kappa shape index (κ2) is 4.38. The van der Waals surface area contributed by atoms with E-state index in [4.69, 9.17) is 23.2 Å². The Balaban J connectivity index is 2.13. The lowest BCUT2D eigenvalue weighted by Crippen LogP contribution is -1.94. The number of halogens is 2. The molecule has 0 spiro atoms. The van der Waals surface area contributed by atoms with Gasteiger partial charge in [0.05, 0.1) is 10.0 Å². The summed E-state index contributed by atoms with van der Waals surface area (Å²) in [6.45, 7) is 0. The molecule has 0 N–H and O–H groups in total. The Morgan fingerprint density at radius 1 is 1.27 bits per heavy atom. The van der Waals surface area contributed by atoms with E-state index in [-0.39, 0.29) is 5.78 Å². The van der Waals surface area contributed by atoms with Crippen molar-refractivity contribution in [2.45, 2.75) is 12.8 Å². The van der Waals surface area contributed by atoms with Crippen LogP contribution in [0.2, 0.25) is 10.0 Å². The fourth-order valence-corrected chi connectivity index (χ4v) is 1.56. The number of carbonyl (C=O) groups is 1. The van der Waals surface area contributed by atoms with Gasteiger partial charge in [0.2, 0.25) is 0 Å². The fourth-order valence-electron chi connectivity index (χ4n) is 1.26. The zero-order valence-corrected chi connectivity index (χ0v) is 9.55. The molecule has 2 rings (SSSR count). The monoisotopic (exact) mass is 240 g/mol. The van der Waals surface area contributed by atoms with Crippen LogP contribution in [-0.4, -0.2) is 5.78 Å². The van der Waals surface area contributed by atoms with Gasteiger partial charge >= 0.3 is 0 Å². The highest BCUT2D eigenvalue weighted by atomic mass is 35.5. The normalized spacial score (nSPS) is 15.9. The van der Waals surface area contributed by atoms with Crippen LogP contribution in [0.4, 0.5) is 0 Å². The molecule has 1 aromatic carbocycles. The van der Waals surface area contributed by atoms with Crippen LogP contribution in [0.3, 0.4) is 0 Å². The van der Waals surface area contributed by atoms with E-state index in [1.165, 1.54) is 12.8 Å². The summed E-state index contributed by atoms with van der Waals surface area (Å²) in [5.74, 6) is 0.595. The zero-order chi connectivity index (χ0) is 10.8. The number of carbonyl (C=O) groups excluding carboxylic acids is 1. The highest BCUT2D eigenvalue weighted by molar-refractivity contribution is 6.42. The second-order valence-corrected chi connectivity index (χ2v) is 4.50. The smallest absolute Gasteiger partial charge is 0.185 e. The SMILES string of the molecule is O=C(/C=C/C1CC1)c1ccc(Cl)c(Cl)c1. The van der Waals surface area contributed by atoms with Crippen molar-refractivity contribution in [2.75, 3.05) is 0 Å². The highest BCUT2D eigenvalue weighted by Crippen LogP contribution is 2.30. The number of allylic oxidation sites excluding steroid dienone is 2. The van der Waals surface area contributed by atoms with Gasteiger partial charge in [-0.15, -0.1) is 0 Å². The van der Waals surface area contributed by atoms with Crippen LogP contribution in [0, 0.1) is 5.92 Å². The maximum absolute atomic E-state index is 11.7. The third kappa shape index (κ3) is 2.83. The van der Waals surface area contributed by atoms with E-state index in [1.54, 1.807) is 24.3 Å². The zero-order valence-electron chi connectivity index (χ0n) is 8.04. The molecule has 0 unspecified atom stereocenters. The number of ketones is 1. The number of rotatable bonds is 3. The number of hydrogen-bond donors (Lipinski definition) is 0. The molecule has 1 saturated carbocycles. The average molecular weight is 241 g/mol. The van der Waals surface area contributed by atoms with Gasteiger partial charge in [-0.25, -0.2) is 0 Å². The Bertz CT molecular complexity index is 420. The van der Waals surface area contributed by atoms with Crippen molar-refractivity contribution in [3.8, 4) is 0 Å². The molecule has 1 aliphatic rings. The molecule has 0 heterocycles. The molecule has 78 valence electrons. The van der Waals surface area contributed by atoms with E-state index in [1.807, 2.05) is 6.08 Å². The molecule has 0 amide bonds. The molecule has 15 heavy (non-hydrogen) atoms. The molecular weight excluding hydrogens is 231 g/mol. The molecule has 0 aliphatic heterocycles. The van der Waals surface area contributed by atoms with E-state index >= 15 is 0 Å². The topological polar surface area (TPSA) is 17.1 Å². The van der Waals surface area contributed by atoms with Gasteiger partial charge in [0.15, 0.2) is 5.78 Å². The summed E-state index contributed by atoms with van der Waals surface area (Å²) in [4.78, 5) is 11.7. The molecule has 0 bridgehead atoms. The maximum atomic E-state index is 11.7. The number of hydrogen-bond acceptors (Lipinski definition) is 1. The largest absolute Gasteiger partial charge is 0.289 e. The lowest BCUT2D eigenvalue weighted by atomic mass is 10.1. The minimum absolute atomic E-state index is 0.0135. The van der Waals surface area contributed by atoms with Crippen LogP contribution < -0.4 is 0 Å². The first-order valence-electron chi connectivity index (χ1n) is 4.84. The van der Waals surface area contributed by atoms with Gasteiger partial charge in [-0.2, -0.15) is 0 Å². The molecule has 0 radical (unpaired) electrons.